The average molecular weight is 481 g/mol. The van der Waals surface area contributed by atoms with Crippen LogP contribution < -0.4 is 10.6 Å². The van der Waals surface area contributed by atoms with Gasteiger partial charge in [-0.15, -0.1) is 11.8 Å². The first-order valence-corrected chi connectivity index (χ1v) is 11.6. The number of carbonyl (C=O) groups is 2. The lowest BCUT2D eigenvalue weighted by atomic mass is 10.2. The molecule has 6 nitrogen and oxygen atoms in total. The Bertz CT molecular complexity index is 1370. The molecule has 2 amide bonds. The molecular formula is C25H22F2N4O2S. The molecule has 3 aromatic carbocycles. The van der Waals surface area contributed by atoms with Crippen LogP contribution in [0.2, 0.25) is 0 Å². The fourth-order valence-electron chi connectivity index (χ4n) is 3.38. The number of aromatic nitrogens is 2. The molecule has 34 heavy (non-hydrogen) atoms. The number of amides is 2. The Kier molecular flexibility index (Phi) is 6.93. The zero-order valence-electron chi connectivity index (χ0n) is 18.5. The van der Waals surface area contributed by atoms with Gasteiger partial charge in [0.05, 0.1) is 27.9 Å². The number of H-pyrrole nitrogens is 1. The van der Waals surface area contributed by atoms with Crippen molar-refractivity contribution in [1.29, 1.82) is 0 Å². The quantitative estimate of drug-likeness (QED) is 0.310. The molecule has 0 saturated carbocycles. The number of carbonyl (C=O) groups excluding carboxylic acids is 2. The van der Waals surface area contributed by atoms with Gasteiger partial charge >= 0.3 is 0 Å². The third kappa shape index (κ3) is 5.43. The molecule has 0 spiro atoms. The van der Waals surface area contributed by atoms with Gasteiger partial charge in [-0.2, -0.15) is 0 Å². The van der Waals surface area contributed by atoms with Gasteiger partial charge in [0.25, 0.3) is 5.91 Å². The van der Waals surface area contributed by atoms with Crippen LogP contribution in [0.15, 0.2) is 65.6 Å². The first kappa shape index (κ1) is 23.4. The summed E-state index contributed by atoms with van der Waals surface area (Å²) in [5.74, 6) is -1.21. The van der Waals surface area contributed by atoms with Crippen LogP contribution in [0.25, 0.3) is 22.4 Å². The molecule has 0 radical (unpaired) electrons. The van der Waals surface area contributed by atoms with Crippen molar-refractivity contribution >= 4 is 40.3 Å². The average Bonchev–Trinajstić information content (AvgIpc) is 3.22. The number of hydrogen-bond acceptors (Lipinski definition) is 4. The number of thioether (sulfide) groups is 1. The van der Waals surface area contributed by atoms with Gasteiger partial charge in [-0.3, -0.25) is 9.59 Å². The van der Waals surface area contributed by atoms with Crippen LogP contribution in [0.4, 0.5) is 14.5 Å². The molecule has 174 valence electrons. The molecule has 0 fully saturated rings. The topological polar surface area (TPSA) is 86.9 Å². The van der Waals surface area contributed by atoms with Crippen molar-refractivity contribution in [2.24, 2.45) is 0 Å². The van der Waals surface area contributed by atoms with Gasteiger partial charge < -0.3 is 15.6 Å². The van der Waals surface area contributed by atoms with Crippen molar-refractivity contribution in [2.75, 3.05) is 11.1 Å². The maximum atomic E-state index is 14.1. The molecule has 1 heterocycles. The highest BCUT2D eigenvalue weighted by atomic mass is 32.2. The number of benzene rings is 3. The highest BCUT2D eigenvalue weighted by Crippen LogP contribution is 2.27. The summed E-state index contributed by atoms with van der Waals surface area (Å²) in [4.78, 5) is 32.9. The van der Waals surface area contributed by atoms with Crippen LogP contribution in [0, 0.1) is 11.6 Å². The van der Waals surface area contributed by atoms with Gasteiger partial charge in [0.2, 0.25) is 5.91 Å². The molecule has 0 saturated heterocycles. The number of nitrogens with one attached hydrogen (secondary N) is 3. The number of rotatable bonds is 7. The molecule has 0 aliphatic carbocycles. The van der Waals surface area contributed by atoms with Crippen molar-refractivity contribution in [3.8, 4) is 11.4 Å². The zero-order valence-corrected chi connectivity index (χ0v) is 19.3. The Morgan fingerprint density at radius 1 is 1.06 bits per heavy atom. The lowest BCUT2D eigenvalue weighted by Crippen LogP contribution is -2.31. The third-order valence-electron chi connectivity index (χ3n) is 4.86. The molecule has 3 N–H and O–H groups in total. The number of hydrogen-bond donors (Lipinski definition) is 3. The van der Waals surface area contributed by atoms with Gasteiger partial charge in [0.15, 0.2) is 0 Å². The maximum Gasteiger partial charge on any atom is 0.256 e. The number of imidazole rings is 1. The summed E-state index contributed by atoms with van der Waals surface area (Å²) in [5, 5.41) is 5.67. The van der Waals surface area contributed by atoms with Crippen molar-refractivity contribution < 1.29 is 18.4 Å². The normalized spacial score (nSPS) is 11.1. The lowest BCUT2D eigenvalue weighted by molar-refractivity contribution is -0.119. The van der Waals surface area contributed by atoms with Crippen molar-refractivity contribution in [1.82, 2.24) is 15.3 Å². The van der Waals surface area contributed by atoms with E-state index in [1.165, 1.54) is 11.8 Å². The summed E-state index contributed by atoms with van der Waals surface area (Å²) in [6.07, 6.45) is 0. The molecule has 0 unspecified atom stereocenters. The van der Waals surface area contributed by atoms with Gasteiger partial charge in [-0.05, 0) is 62.4 Å². The first-order valence-electron chi connectivity index (χ1n) is 10.6. The molecule has 0 atom stereocenters. The van der Waals surface area contributed by atoms with Gasteiger partial charge in [-0.25, -0.2) is 13.8 Å². The standard InChI is InChI=1S/C25H22F2N4O2S/c1-14(2)28-23(32)13-34-22-6-4-3-5-17(22)25(33)29-16-8-10-20-21(12-16)31-24(30-20)18-11-15(26)7-9-19(18)27/h3-12,14H,13H2,1-2H3,(H,28,32)(H,29,33)(H,30,31). The number of anilines is 1. The van der Waals surface area contributed by atoms with Gasteiger partial charge in [-0.1, -0.05) is 12.1 Å². The monoisotopic (exact) mass is 480 g/mol. The Labute approximate surface area is 199 Å². The van der Waals surface area contributed by atoms with Crippen molar-refractivity contribution in [3.63, 3.8) is 0 Å². The smallest absolute Gasteiger partial charge is 0.256 e. The van der Waals surface area contributed by atoms with Gasteiger partial charge in [0, 0.05) is 16.6 Å². The van der Waals surface area contributed by atoms with Crippen LogP contribution in [-0.2, 0) is 4.79 Å². The highest BCUT2D eigenvalue weighted by Gasteiger charge is 2.15. The SMILES string of the molecule is CC(C)NC(=O)CSc1ccccc1C(=O)Nc1ccc2nc(-c3cc(F)ccc3F)[nH]c2c1. The molecule has 0 aliphatic rings. The first-order chi connectivity index (χ1) is 16.3. The van der Waals surface area contributed by atoms with Crippen LogP contribution in [-0.4, -0.2) is 33.6 Å². The molecule has 4 aromatic rings. The second kappa shape index (κ2) is 10.0. The minimum absolute atomic E-state index is 0.0224. The summed E-state index contributed by atoms with van der Waals surface area (Å²) >= 11 is 1.29. The number of nitrogens with zero attached hydrogens (tertiary/aromatic N) is 1. The summed E-state index contributed by atoms with van der Waals surface area (Å²) in [6, 6.07) is 15.3. The molecular weight excluding hydrogens is 458 g/mol. The van der Waals surface area contributed by atoms with E-state index < -0.39 is 11.6 Å². The maximum absolute atomic E-state index is 14.1. The van der Waals surface area contributed by atoms with Crippen molar-refractivity contribution in [2.45, 2.75) is 24.8 Å². The van der Waals surface area contributed by atoms with E-state index in [9.17, 15) is 18.4 Å². The predicted octanol–water partition coefficient (Wildman–Crippen LogP) is 5.38. The van der Waals surface area contributed by atoms with Crippen LogP contribution in [0.1, 0.15) is 24.2 Å². The molecule has 0 bridgehead atoms. The molecule has 0 aliphatic heterocycles. The van der Waals surface area contributed by atoms with Crippen LogP contribution in [0.3, 0.4) is 0 Å². The lowest BCUT2D eigenvalue weighted by Gasteiger charge is -2.11. The summed E-state index contributed by atoms with van der Waals surface area (Å²) in [7, 11) is 0. The van der Waals surface area contributed by atoms with E-state index in [2.05, 4.69) is 20.6 Å². The summed E-state index contributed by atoms with van der Waals surface area (Å²) in [6.45, 7) is 3.77. The second-order valence-corrected chi connectivity index (χ2v) is 8.92. The van der Waals surface area contributed by atoms with Crippen LogP contribution in [0.5, 0.6) is 0 Å². The van der Waals surface area contributed by atoms with E-state index in [4.69, 9.17) is 0 Å². The zero-order chi connectivity index (χ0) is 24.2. The number of halogens is 2. The number of aromatic amines is 1. The van der Waals surface area contributed by atoms with E-state index in [1.807, 2.05) is 19.9 Å². The Morgan fingerprint density at radius 3 is 2.65 bits per heavy atom. The van der Waals surface area contributed by atoms with Crippen LogP contribution >= 0.6 is 11.8 Å². The highest BCUT2D eigenvalue weighted by molar-refractivity contribution is 8.00. The minimum atomic E-state index is -0.592. The summed E-state index contributed by atoms with van der Waals surface area (Å²) < 4.78 is 27.7. The van der Waals surface area contributed by atoms with Gasteiger partial charge in [0.1, 0.15) is 17.5 Å². The fraction of sp³-hybridized carbons (Fsp3) is 0.160. The van der Waals surface area contributed by atoms with E-state index in [1.54, 1.807) is 36.4 Å². The number of fused-ring (bicyclic) bond motifs is 1. The fourth-order valence-corrected chi connectivity index (χ4v) is 4.24. The predicted molar refractivity (Wildman–Crippen MR) is 130 cm³/mol. The molecule has 1 aromatic heterocycles. The Balaban J connectivity index is 1.52. The Morgan fingerprint density at radius 2 is 1.85 bits per heavy atom. The molecule has 4 rings (SSSR count). The largest absolute Gasteiger partial charge is 0.353 e. The van der Waals surface area contributed by atoms with E-state index in [0.29, 0.717) is 27.2 Å². The minimum Gasteiger partial charge on any atom is -0.353 e. The van der Waals surface area contributed by atoms with Crippen molar-refractivity contribution in [3.05, 3.63) is 77.9 Å². The molecule has 9 heteroatoms. The van der Waals surface area contributed by atoms with E-state index in [0.717, 1.165) is 18.2 Å². The van der Waals surface area contributed by atoms with E-state index in [-0.39, 0.29) is 35.0 Å². The van der Waals surface area contributed by atoms with E-state index >= 15 is 0 Å². The second-order valence-electron chi connectivity index (χ2n) is 7.90. The third-order valence-corrected chi connectivity index (χ3v) is 5.94. The Hall–Kier alpha value is -3.72. The summed E-state index contributed by atoms with van der Waals surface area (Å²) in [5.41, 5.74) is 2.07.